The molecule has 1 heterocycles. The first-order valence-electron chi connectivity index (χ1n) is 5.77. The number of hydrogen-bond acceptors (Lipinski definition) is 3. The molecule has 2 nitrogen and oxygen atoms in total. The highest BCUT2D eigenvalue weighted by atomic mass is 35.5. The van der Waals surface area contributed by atoms with Crippen molar-refractivity contribution in [3.63, 3.8) is 0 Å². The zero-order chi connectivity index (χ0) is 14.5. The molecule has 104 valence electrons. The Balaban J connectivity index is 1.88. The maximum Gasteiger partial charge on any atom is 0.170 e. The number of aliphatic imine (C=N–C) groups is 1. The molecule has 0 aliphatic rings. The predicted octanol–water partition coefficient (Wildman–Crippen LogP) is 5.55. The molecule has 2 aromatic rings. The van der Waals surface area contributed by atoms with Gasteiger partial charge in [-0.1, -0.05) is 46.9 Å². The molecule has 0 radical (unpaired) electrons. The second kappa shape index (κ2) is 7.23. The van der Waals surface area contributed by atoms with Gasteiger partial charge in [-0.15, -0.1) is 11.3 Å². The van der Waals surface area contributed by atoms with E-state index >= 15 is 0 Å². The maximum absolute atomic E-state index is 11.9. The van der Waals surface area contributed by atoms with Crippen molar-refractivity contribution in [2.45, 2.75) is 13.0 Å². The third-order valence-electron chi connectivity index (χ3n) is 2.55. The van der Waals surface area contributed by atoms with E-state index in [2.05, 4.69) is 4.99 Å². The first kappa shape index (κ1) is 15.5. The van der Waals surface area contributed by atoms with E-state index in [-0.39, 0.29) is 12.2 Å². The molecule has 0 aliphatic heterocycles. The van der Waals surface area contributed by atoms with Gasteiger partial charge in [-0.25, -0.2) is 0 Å². The molecule has 0 atom stereocenters. The number of nitrogens with zero attached hydrogens (tertiary/aromatic N) is 1. The number of carbonyl (C=O) groups is 1. The van der Waals surface area contributed by atoms with E-state index in [1.54, 1.807) is 12.3 Å². The third-order valence-corrected chi connectivity index (χ3v) is 4.29. The Labute approximate surface area is 136 Å². The van der Waals surface area contributed by atoms with Gasteiger partial charge in [0.25, 0.3) is 0 Å². The summed E-state index contributed by atoms with van der Waals surface area (Å²) < 4.78 is 0.933. The average Bonchev–Trinajstić information content (AvgIpc) is 2.75. The Morgan fingerprint density at radius 2 is 1.90 bits per heavy atom. The number of ketones is 1. The van der Waals surface area contributed by atoms with Crippen LogP contribution in [0.1, 0.15) is 22.3 Å². The fourth-order valence-electron chi connectivity index (χ4n) is 1.55. The van der Waals surface area contributed by atoms with E-state index in [4.69, 9.17) is 34.8 Å². The number of benzene rings is 1. The minimum absolute atomic E-state index is 0.0852. The average molecular weight is 347 g/mol. The Morgan fingerprint density at radius 1 is 1.20 bits per heavy atom. The van der Waals surface area contributed by atoms with Crippen molar-refractivity contribution >= 4 is 58.1 Å². The molecular formula is C14H10Cl3NOS. The monoisotopic (exact) mass is 345 g/mol. The van der Waals surface area contributed by atoms with E-state index in [1.807, 2.05) is 24.3 Å². The van der Waals surface area contributed by atoms with Crippen molar-refractivity contribution in [3.05, 3.63) is 55.2 Å². The molecular weight excluding hydrogens is 337 g/mol. The lowest BCUT2D eigenvalue weighted by Crippen LogP contribution is -1.98. The SMILES string of the molecule is O=C(CC=NCc1ccc(Cl)cc1)c1cc(Cl)sc1Cl. The fraction of sp³-hybridized carbons (Fsp3) is 0.143. The van der Waals surface area contributed by atoms with Crippen LogP contribution in [-0.4, -0.2) is 12.0 Å². The highest BCUT2D eigenvalue weighted by molar-refractivity contribution is 7.20. The standard InChI is InChI=1S/C14H10Cl3NOS/c15-10-3-1-9(2-4-10)8-18-6-5-12(19)11-7-13(16)20-14(11)17/h1-4,6-7H,5,8H2. The van der Waals surface area contributed by atoms with Crippen molar-refractivity contribution in [1.82, 2.24) is 0 Å². The minimum atomic E-state index is -0.0852. The number of carbonyl (C=O) groups excluding carboxylic acids is 1. The minimum Gasteiger partial charge on any atom is -0.294 e. The lowest BCUT2D eigenvalue weighted by molar-refractivity contribution is 0.100. The van der Waals surface area contributed by atoms with Crippen LogP contribution >= 0.6 is 46.1 Å². The van der Waals surface area contributed by atoms with E-state index in [1.165, 1.54) is 11.3 Å². The summed E-state index contributed by atoms with van der Waals surface area (Å²) in [7, 11) is 0. The van der Waals surface area contributed by atoms with Gasteiger partial charge in [0, 0.05) is 23.2 Å². The lowest BCUT2D eigenvalue weighted by Gasteiger charge is -1.97. The van der Waals surface area contributed by atoms with Crippen molar-refractivity contribution in [3.8, 4) is 0 Å². The zero-order valence-electron chi connectivity index (χ0n) is 10.3. The molecule has 0 amide bonds. The van der Waals surface area contributed by atoms with Crippen LogP contribution in [0.25, 0.3) is 0 Å². The van der Waals surface area contributed by atoms with Gasteiger partial charge in [-0.2, -0.15) is 0 Å². The molecule has 0 unspecified atom stereocenters. The molecule has 0 saturated carbocycles. The normalized spacial score (nSPS) is 11.2. The first-order valence-corrected chi connectivity index (χ1v) is 7.72. The van der Waals surface area contributed by atoms with E-state index in [0.717, 1.165) is 5.56 Å². The number of Topliss-reactive ketones (excluding diaryl/α,β-unsaturated/α-hetero) is 1. The molecule has 1 aromatic carbocycles. The second-order valence-electron chi connectivity index (χ2n) is 4.01. The molecule has 6 heteroatoms. The van der Waals surface area contributed by atoms with E-state index in [0.29, 0.717) is 25.8 Å². The molecule has 20 heavy (non-hydrogen) atoms. The van der Waals surface area contributed by atoms with Gasteiger partial charge in [-0.3, -0.25) is 9.79 Å². The molecule has 2 rings (SSSR count). The number of hydrogen-bond donors (Lipinski definition) is 0. The summed E-state index contributed by atoms with van der Waals surface area (Å²) in [4.78, 5) is 16.1. The van der Waals surface area contributed by atoms with Crippen LogP contribution in [0, 0.1) is 0 Å². The van der Waals surface area contributed by atoms with Gasteiger partial charge < -0.3 is 0 Å². The molecule has 0 spiro atoms. The summed E-state index contributed by atoms with van der Waals surface area (Å²) in [6, 6.07) is 9.01. The Hall–Kier alpha value is -0.870. The van der Waals surface area contributed by atoms with Crippen LogP contribution in [0.2, 0.25) is 13.7 Å². The Bertz CT molecular complexity index is 634. The molecule has 0 fully saturated rings. The van der Waals surface area contributed by atoms with Gasteiger partial charge in [0.2, 0.25) is 0 Å². The van der Waals surface area contributed by atoms with Crippen LogP contribution in [-0.2, 0) is 6.54 Å². The first-order chi connectivity index (χ1) is 9.56. The van der Waals surface area contributed by atoms with Crippen LogP contribution in [0.5, 0.6) is 0 Å². The predicted molar refractivity (Wildman–Crippen MR) is 86.9 cm³/mol. The highest BCUT2D eigenvalue weighted by Crippen LogP contribution is 2.31. The molecule has 0 N–H and O–H groups in total. The number of rotatable bonds is 5. The van der Waals surface area contributed by atoms with Crippen molar-refractivity contribution in [1.29, 1.82) is 0 Å². The quantitative estimate of drug-likeness (QED) is 0.515. The van der Waals surface area contributed by atoms with Crippen molar-refractivity contribution in [2.75, 3.05) is 0 Å². The van der Waals surface area contributed by atoms with Crippen LogP contribution in [0.4, 0.5) is 0 Å². The maximum atomic E-state index is 11.9. The number of halogens is 3. The number of thiophene rings is 1. The molecule has 0 aliphatic carbocycles. The van der Waals surface area contributed by atoms with Gasteiger partial charge in [-0.05, 0) is 23.8 Å². The van der Waals surface area contributed by atoms with Gasteiger partial charge in [0.1, 0.15) is 4.34 Å². The molecule has 0 bridgehead atoms. The summed E-state index contributed by atoms with van der Waals surface area (Å²) in [6.07, 6.45) is 1.80. The smallest absolute Gasteiger partial charge is 0.170 e. The third kappa shape index (κ3) is 4.32. The van der Waals surface area contributed by atoms with E-state index < -0.39 is 0 Å². The summed E-state index contributed by atoms with van der Waals surface area (Å²) in [5.41, 5.74) is 1.49. The van der Waals surface area contributed by atoms with Gasteiger partial charge >= 0.3 is 0 Å². The largest absolute Gasteiger partial charge is 0.294 e. The van der Waals surface area contributed by atoms with Crippen molar-refractivity contribution < 1.29 is 4.79 Å². The highest BCUT2D eigenvalue weighted by Gasteiger charge is 2.12. The summed E-state index contributed by atoms with van der Waals surface area (Å²) >= 11 is 18.7. The molecule has 0 saturated heterocycles. The van der Waals surface area contributed by atoms with Gasteiger partial charge in [0.05, 0.1) is 10.9 Å². The van der Waals surface area contributed by atoms with Crippen LogP contribution < -0.4 is 0 Å². The van der Waals surface area contributed by atoms with E-state index in [9.17, 15) is 4.79 Å². The molecule has 1 aromatic heterocycles. The van der Waals surface area contributed by atoms with Crippen molar-refractivity contribution in [2.24, 2.45) is 4.99 Å². The zero-order valence-corrected chi connectivity index (χ0v) is 13.4. The van der Waals surface area contributed by atoms with Crippen LogP contribution in [0.3, 0.4) is 0 Å². The van der Waals surface area contributed by atoms with Gasteiger partial charge in [0.15, 0.2) is 5.78 Å². The summed E-state index contributed by atoms with van der Waals surface area (Å²) in [6.45, 7) is 0.516. The summed E-state index contributed by atoms with van der Waals surface area (Å²) in [5, 5.41) is 0.692. The fourth-order valence-corrected chi connectivity index (χ4v) is 3.17. The Kier molecular flexibility index (Phi) is 5.61. The lowest BCUT2D eigenvalue weighted by atomic mass is 10.2. The Morgan fingerprint density at radius 3 is 2.50 bits per heavy atom. The second-order valence-corrected chi connectivity index (χ2v) is 6.74. The summed E-state index contributed by atoms with van der Waals surface area (Å²) in [5.74, 6) is -0.0852. The van der Waals surface area contributed by atoms with Crippen LogP contribution in [0.15, 0.2) is 35.3 Å². The topological polar surface area (TPSA) is 29.4 Å².